The fraction of sp³-hybridized carbons (Fsp3) is 0. The SMILES string of the molecule is NS(=O)(=O)c1ccc(NC(=S)NNC(=O)c2cc(-c3ccc(Cl)cc3Cl)nc3ccccc23)cc1. The highest BCUT2D eigenvalue weighted by Gasteiger charge is 2.16. The van der Waals surface area contributed by atoms with Gasteiger partial charge in [-0.05, 0) is 66.8 Å². The Labute approximate surface area is 216 Å². The summed E-state index contributed by atoms with van der Waals surface area (Å²) in [5.41, 5.74) is 7.78. The second kappa shape index (κ2) is 10.1. The van der Waals surface area contributed by atoms with Crippen LogP contribution in [0, 0.1) is 0 Å². The first kappa shape index (κ1) is 24.8. The molecule has 0 fully saturated rings. The topological polar surface area (TPSA) is 126 Å². The van der Waals surface area contributed by atoms with Crippen molar-refractivity contribution in [2.45, 2.75) is 4.90 Å². The number of hydrogen-bond donors (Lipinski definition) is 4. The largest absolute Gasteiger partial charge is 0.331 e. The van der Waals surface area contributed by atoms with Gasteiger partial charge in [-0.15, -0.1) is 0 Å². The van der Waals surface area contributed by atoms with Crippen molar-refractivity contribution >= 4 is 73.1 Å². The van der Waals surface area contributed by atoms with Crippen molar-refractivity contribution in [1.82, 2.24) is 15.8 Å². The van der Waals surface area contributed by atoms with E-state index >= 15 is 0 Å². The molecule has 8 nitrogen and oxygen atoms in total. The van der Waals surface area contributed by atoms with Crippen LogP contribution in [0.1, 0.15) is 10.4 Å². The number of carbonyl (C=O) groups excluding carboxylic acids is 1. The molecule has 35 heavy (non-hydrogen) atoms. The second-order valence-corrected chi connectivity index (χ2v) is 10.1. The number of nitrogens with two attached hydrogens (primary N) is 1. The zero-order valence-corrected chi connectivity index (χ0v) is 20.9. The van der Waals surface area contributed by atoms with E-state index in [1.54, 1.807) is 42.5 Å². The van der Waals surface area contributed by atoms with Crippen LogP contribution in [-0.4, -0.2) is 24.4 Å². The molecule has 0 atom stereocenters. The molecule has 4 aromatic rings. The molecule has 0 aliphatic rings. The van der Waals surface area contributed by atoms with Crippen LogP contribution < -0.4 is 21.3 Å². The average Bonchev–Trinajstić information content (AvgIpc) is 2.81. The quantitative estimate of drug-likeness (QED) is 0.220. The number of carbonyl (C=O) groups is 1. The molecular formula is C23H17Cl2N5O3S2. The number of nitrogens with zero attached hydrogens (tertiary/aromatic N) is 1. The summed E-state index contributed by atoms with van der Waals surface area (Å²) < 4.78 is 22.7. The number of sulfonamides is 1. The third-order valence-electron chi connectivity index (χ3n) is 4.90. The Kier molecular flexibility index (Phi) is 7.20. The van der Waals surface area contributed by atoms with Crippen LogP contribution in [0.25, 0.3) is 22.2 Å². The Morgan fingerprint density at radius 3 is 2.34 bits per heavy atom. The molecule has 0 saturated carbocycles. The lowest BCUT2D eigenvalue weighted by Gasteiger charge is -2.14. The van der Waals surface area contributed by atoms with Gasteiger partial charge >= 0.3 is 0 Å². The predicted octanol–water partition coefficient (Wildman–Crippen LogP) is 4.49. The summed E-state index contributed by atoms with van der Waals surface area (Å²) in [5, 5.41) is 9.55. The van der Waals surface area contributed by atoms with Gasteiger partial charge in [-0.1, -0.05) is 41.4 Å². The Morgan fingerprint density at radius 1 is 0.943 bits per heavy atom. The molecule has 5 N–H and O–H groups in total. The number of benzene rings is 3. The number of halogens is 2. The zero-order valence-electron chi connectivity index (χ0n) is 17.7. The molecule has 12 heteroatoms. The normalized spacial score (nSPS) is 11.2. The number of rotatable bonds is 4. The van der Waals surface area contributed by atoms with Crippen molar-refractivity contribution in [1.29, 1.82) is 0 Å². The average molecular weight is 546 g/mol. The molecule has 178 valence electrons. The summed E-state index contributed by atoms with van der Waals surface area (Å²) in [6.45, 7) is 0. The van der Waals surface area contributed by atoms with E-state index in [-0.39, 0.29) is 10.0 Å². The number of anilines is 1. The number of thiocarbonyl (C=S) groups is 1. The molecule has 1 amide bonds. The van der Waals surface area contributed by atoms with Gasteiger partial charge in [0.2, 0.25) is 10.0 Å². The van der Waals surface area contributed by atoms with Gasteiger partial charge in [-0.3, -0.25) is 15.6 Å². The molecule has 0 aliphatic heterocycles. The number of fused-ring (bicyclic) bond motifs is 1. The number of aromatic nitrogens is 1. The summed E-state index contributed by atoms with van der Waals surface area (Å²) >= 11 is 17.6. The Hall–Kier alpha value is -3.28. The number of pyridine rings is 1. The Bertz CT molecular complexity index is 1560. The minimum absolute atomic E-state index is 0.0311. The van der Waals surface area contributed by atoms with Crippen LogP contribution in [-0.2, 0) is 10.0 Å². The molecule has 0 aliphatic carbocycles. The molecule has 0 radical (unpaired) electrons. The van der Waals surface area contributed by atoms with Crippen LogP contribution >= 0.6 is 35.4 Å². The van der Waals surface area contributed by atoms with Gasteiger partial charge in [-0.25, -0.2) is 18.5 Å². The lowest BCUT2D eigenvalue weighted by molar-refractivity contribution is 0.0946. The van der Waals surface area contributed by atoms with E-state index in [1.165, 1.54) is 24.3 Å². The van der Waals surface area contributed by atoms with E-state index in [4.69, 9.17) is 40.6 Å². The van der Waals surface area contributed by atoms with Crippen molar-refractivity contribution < 1.29 is 13.2 Å². The van der Waals surface area contributed by atoms with Crippen LogP contribution in [0.5, 0.6) is 0 Å². The molecule has 1 aromatic heterocycles. The van der Waals surface area contributed by atoms with E-state index in [1.807, 2.05) is 6.07 Å². The highest BCUT2D eigenvalue weighted by Crippen LogP contribution is 2.31. The summed E-state index contributed by atoms with van der Waals surface area (Å²) in [6, 6.07) is 19.6. The van der Waals surface area contributed by atoms with E-state index in [0.29, 0.717) is 43.5 Å². The van der Waals surface area contributed by atoms with Gasteiger partial charge in [0.05, 0.1) is 26.7 Å². The molecular weight excluding hydrogens is 529 g/mol. The summed E-state index contributed by atoms with van der Waals surface area (Å²) in [5.74, 6) is -0.455. The number of hydrogen-bond acceptors (Lipinski definition) is 5. The van der Waals surface area contributed by atoms with E-state index < -0.39 is 15.9 Å². The predicted molar refractivity (Wildman–Crippen MR) is 142 cm³/mol. The Balaban J connectivity index is 1.54. The highest BCUT2D eigenvalue weighted by molar-refractivity contribution is 7.89. The maximum Gasteiger partial charge on any atom is 0.270 e. The minimum Gasteiger partial charge on any atom is -0.331 e. The fourth-order valence-corrected chi connectivity index (χ4v) is 4.46. The lowest BCUT2D eigenvalue weighted by Crippen LogP contribution is -2.43. The summed E-state index contributed by atoms with van der Waals surface area (Å²) in [7, 11) is -3.80. The number of hydrazine groups is 1. The molecule has 0 saturated heterocycles. The molecule has 4 rings (SSSR count). The molecule has 0 bridgehead atoms. The molecule has 0 unspecified atom stereocenters. The fourth-order valence-electron chi connectivity index (χ4n) is 3.27. The smallest absolute Gasteiger partial charge is 0.270 e. The third kappa shape index (κ3) is 5.87. The number of amides is 1. The van der Waals surface area contributed by atoms with Gasteiger partial charge in [-0.2, -0.15) is 0 Å². The van der Waals surface area contributed by atoms with E-state index in [0.717, 1.165) is 0 Å². The van der Waals surface area contributed by atoms with Gasteiger partial charge < -0.3 is 5.32 Å². The summed E-state index contributed by atoms with van der Waals surface area (Å²) in [4.78, 5) is 17.7. The van der Waals surface area contributed by atoms with Crippen molar-refractivity contribution in [3.8, 4) is 11.3 Å². The first-order chi connectivity index (χ1) is 16.6. The zero-order chi connectivity index (χ0) is 25.2. The van der Waals surface area contributed by atoms with Gasteiger partial charge in [0.15, 0.2) is 5.11 Å². The monoisotopic (exact) mass is 545 g/mol. The number of primary sulfonamides is 1. The van der Waals surface area contributed by atoms with Crippen molar-refractivity contribution in [2.75, 3.05) is 5.32 Å². The Morgan fingerprint density at radius 2 is 1.66 bits per heavy atom. The maximum atomic E-state index is 13.1. The van der Waals surface area contributed by atoms with Crippen molar-refractivity contribution in [2.24, 2.45) is 5.14 Å². The van der Waals surface area contributed by atoms with Gasteiger partial charge in [0.25, 0.3) is 5.91 Å². The van der Waals surface area contributed by atoms with Gasteiger partial charge in [0.1, 0.15) is 0 Å². The molecule has 1 heterocycles. The van der Waals surface area contributed by atoms with E-state index in [9.17, 15) is 13.2 Å². The summed E-state index contributed by atoms with van der Waals surface area (Å²) in [6.07, 6.45) is 0. The van der Waals surface area contributed by atoms with Crippen LogP contribution in [0.3, 0.4) is 0 Å². The van der Waals surface area contributed by atoms with Crippen molar-refractivity contribution in [3.63, 3.8) is 0 Å². The first-order valence-electron chi connectivity index (χ1n) is 9.97. The van der Waals surface area contributed by atoms with Crippen LogP contribution in [0.2, 0.25) is 10.0 Å². The van der Waals surface area contributed by atoms with Crippen LogP contribution in [0.4, 0.5) is 5.69 Å². The maximum absolute atomic E-state index is 13.1. The minimum atomic E-state index is -3.80. The lowest BCUT2D eigenvalue weighted by atomic mass is 10.0. The standard InChI is InChI=1S/C23H17Cl2N5O3S2/c24-13-5-10-17(19(25)11-13)21-12-18(16-3-1-2-4-20(16)28-21)22(31)29-30-23(34)27-14-6-8-15(9-7-14)35(26,32)33/h1-12H,(H,29,31)(H2,26,32,33)(H2,27,30,34). The number of para-hydroxylation sites is 1. The van der Waals surface area contributed by atoms with E-state index in [2.05, 4.69) is 21.2 Å². The molecule has 0 spiro atoms. The molecule has 3 aromatic carbocycles. The second-order valence-electron chi connectivity index (χ2n) is 7.30. The van der Waals surface area contributed by atoms with Crippen molar-refractivity contribution in [3.05, 3.63) is 88.4 Å². The third-order valence-corrected chi connectivity index (χ3v) is 6.58. The first-order valence-corrected chi connectivity index (χ1v) is 12.7. The number of nitrogens with one attached hydrogen (secondary N) is 3. The van der Waals surface area contributed by atoms with Gasteiger partial charge in [0, 0.05) is 21.7 Å². The van der Waals surface area contributed by atoms with Crippen LogP contribution in [0.15, 0.2) is 77.7 Å². The highest BCUT2D eigenvalue weighted by atomic mass is 35.5.